The molecule has 5 atom stereocenters. The van der Waals surface area contributed by atoms with Gasteiger partial charge in [-0.2, -0.15) is 0 Å². The largest absolute Gasteiger partial charge is 0.396 e. The van der Waals surface area contributed by atoms with Gasteiger partial charge in [0, 0.05) is 31.5 Å². The summed E-state index contributed by atoms with van der Waals surface area (Å²) in [6.45, 7) is 4.10. The Bertz CT molecular complexity index is 584. The second kappa shape index (κ2) is 6.79. The summed E-state index contributed by atoms with van der Waals surface area (Å²) in [7, 11) is 1.59. The molecule has 3 fully saturated rings. The summed E-state index contributed by atoms with van der Waals surface area (Å²) in [5.74, 6) is -1.18. The molecule has 3 amide bonds. The van der Waals surface area contributed by atoms with Crippen LogP contribution in [0.1, 0.15) is 33.1 Å². The highest BCUT2D eigenvalue weighted by Crippen LogP contribution is 2.66. The highest BCUT2D eigenvalue weighted by molar-refractivity contribution is 8.02. The van der Waals surface area contributed by atoms with Crippen molar-refractivity contribution in [2.45, 2.75) is 55.2 Å². The van der Waals surface area contributed by atoms with Crippen molar-refractivity contribution < 1.29 is 19.5 Å². The van der Waals surface area contributed by atoms with Gasteiger partial charge >= 0.3 is 0 Å². The predicted octanol–water partition coefficient (Wildman–Crippen LogP) is -0.269. The van der Waals surface area contributed by atoms with Crippen molar-refractivity contribution in [1.82, 2.24) is 15.5 Å². The highest BCUT2D eigenvalue weighted by atomic mass is 32.2. The molecule has 0 aliphatic carbocycles. The number of carbonyl (C=O) groups is 3. The maximum Gasteiger partial charge on any atom is 0.244 e. The van der Waals surface area contributed by atoms with Gasteiger partial charge in [0.05, 0.1) is 16.6 Å². The molecule has 3 saturated heterocycles. The van der Waals surface area contributed by atoms with Crippen LogP contribution in [0.3, 0.4) is 0 Å². The van der Waals surface area contributed by atoms with Gasteiger partial charge < -0.3 is 20.6 Å². The zero-order chi connectivity index (χ0) is 18.4. The normalized spacial score (nSPS) is 36.0. The van der Waals surface area contributed by atoms with Gasteiger partial charge in [0.25, 0.3) is 0 Å². The number of likely N-dealkylation sites (tertiary alicyclic amines) is 1. The van der Waals surface area contributed by atoms with E-state index in [4.69, 9.17) is 0 Å². The van der Waals surface area contributed by atoms with Crippen LogP contribution in [0.15, 0.2) is 0 Å². The van der Waals surface area contributed by atoms with Crippen LogP contribution in [0.4, 0.5) is 0 Å². The van der Waals surface area contributed by atoms with E-state index in [0.717, 1.165) is 12.8 Å². The van der Waals surface area contributed by atoms with E-state index in [1.807, 2.05) is 13.8 Å². The molecule has 2 unspecified atom stereocenters. The van der Waals surface area contributed by atoms with E-state index >= 15 is 0 Å². The molecule has 0 radical (unpaired) electrons. The number of hydrogen-bond acceptors (Lipinski definition) is 5. The molecule has 0 saturated carbocycles. The van der Waals surface area contributed by atoms with Crippen molar-refractivity contribution in [3.8, 4) is 0 Å². The SMILES string of the molecule is CNC(=O)[C@@H]1[C@@H]2CCC3(S2)C(C(=O)NC(C)C)N(CCCO)C(=O)[C@H]13. The minimum absolute atomic E-state index is 0.0175. The van der Waals surface area contributed by atoms with E-state index in [0.29, 0.717) is 13.0 Å². The van der Waals surface area contributed by atoms with Gasteiger partial charge in [-0.3, -0.25) is 14.4 Å². The summed E-state index contributed by atoms with van der Waals surface area (Å²) in [4.78, 5) is 40.2. The van der Waals surface area contributed by atoms with Crippen LogP contribution >= 0.6 is 11.8 Å². The van der Waals surface area contributed by atoms with Crippen LogP contribution in [-0.4, -0.2) is 70.0 Å². The Morgan fingerprint density at radius 3 is 2.72 bits per heavy atom. The van der Waals surface area contributed by atoms with Gasteiger partial charge in [-0.15, -0.1) is 11.8 Å². The first-order valence-electron chi connectivity index (χ1n) is 8.98. The lowest BCUT2D eigenvalue weighted by Gasteiger charge is -2.34. The van der Waals surface area contributed by atoms with E-state index in [1.165, 1.54) is 0 Å². The average molecular weight is 369 g/mol. The van der Waals surface area contributed by atoms with Crippen LogP contribution in [-0.2, 0) is 14.4 Å². The van der Waals surface area contributed by atoms with Gasteiger partial charge in [0.1, 0.15) is 6.04 Å². The number of carbonyl (C=O) groups excluding carboxylic acids is 3. The van der Waals surface area contributed by atoms with Gasteiger partial charge in [-0.25, -0.2) is 0 Å². The number of thioether (sulfide) groups is 1. The van der Waals surface area contributed by atoms with Crippen LogP contribution in [0, 0.1) is 11.8 Å². The Balaban J connectivity index is 1.98. The first kappa shape index (κ1) is 18.5. The van der Waals surface area contributed by atoms with Crippen LogP contribution in [0.5, 0.6) is 0 Å². The Hall–Kier alpha value is -1.28. The van der Waals surface area contributed by atoms with E-state index in [2.05, 4.69) is 10.6 Å². The lowest BCUT2D eigenvalue weighted by atomic mass is 9.70. The standard InChI is InChI=1S/C17H27N3O4S/c1-9(2)19-15(23)13-17-6-5-10(25-17)11(14(22)18-3)12(17)16(24)20(13)7-4-8-21/h9-13,21H,4-8H2,1-3H3,(H,18,22)(H,19,23)/t10-,11+,12-,13?,17?/m0/s1. The van der Waals surface area contributed by atoms with Crippen molar-refractivity contribution >= 4 is 29.5 Å². The molecular weight excluding hydrogens is 342 g/mol. The molecule has 0 aromatic carbocycles. The zero-order valence-electron chi connectivity index (χ0n) is 14.9. The summed E-state index contributed by atoms with van der Waals surface area (Å²) in [5, 5.41) is 14.9. The maximum atomic E-state index is 13.2. The fraction of sp³-hybridized carbons (Fsp3) is 0.824. The molecule has 0 aromatic rings. The quantitative estimate of drug-likeness (QED) is 0.599. The highest BCUT2D eigenvalue weighted by Gasteiger charge is 2.73. The third-order valence-electron chi connectivity index (χ3n) is 5.59. The van der Waals surface area contributed by atoms with E-state index in [9.17, 15) is 19.5 Å². The number of hydrogen-bond donors (Lipinski definition) is 3. The molecule has 3 aliphatic heterocycles. The van der Waals surface area contributed by atoms with Crippen molar-refractivity contribution in [2.75, 3.05) is 20.2 Å². The minimum Gasteiger partial charge on any atom is -0.396 e. The number of nitrogens with zero attached hydrogens (tertiary/aromatic N) is 1. The molecule has 3 aliphatic rings. The summed E-state index contributed by atoms with van der Waals surface area (Å²) in [6, 6.07) is -0.584. The van der Waals surface area contributed by atoms with Crippen molar-refractivity contribution in [2.24, 2.45) is 11.8 Å². The Labute approximate surface area is 152 Å². The summed E-state index contributed by atoms with van der Waals surface area (Å²) >= 11 is 1.66. The average Bonchev–Trinajstić information content (AvgIpc) is 3.19. The second-order valence-corrected chi connectivity index (χ2v) is 9.04. The Morgan fingerprint density at radius 1 is 1.40 bits per heavy atom. The minimum atomic E-state index is -0.566. The van der Waals surface area contributed by atoms with Gasteiger partial charge in [-0.1, -0.05) is 0 Å². The number of aliphatic hydroxyl groups excluding tert-OH is 1. The molecule has 7 nitrogen and oxygen atoms in total. The number of nitrogens with one attached hydrogen (secondary N) is 2. The predicted molar refractivity (Wildman–Crippen MR) is 94.9 cm³/mol. The molecule has 140 valence electrons. The van der Waals surface area contributed by atoms with Crippen molar-refractivity contribution in [3.05, 3.63) is 0 Å². The first-order valence-corrected chi connectivity index (χ1v) is 9.86. The molecular formula is C17H27N3O4S. The fourth-order valence-electron chi connectivity index (χ4n) is 4.77. The molecule has 2 bridgehead atoms. The summed E-state index contributed by atoms with van der Waals surface area (Å²) < 4.78 is -0.520. The summed E-state index contributed by atoms with van der Waals surface area (Å²) in [5.41, 5.74) is 0. The Kier molecular flexibility index (Phi) is 5.03. The lowest BCUT2D eigenvalue weighted by Crippen LogP contribution is -2.54. The van der Waals surface area contributed by atoms with Crippen molar-refractivity contribution in [3.63, 3.8) is 0 Å². The molecule has 3 heterocycles. The molecule has 25 heavy (non-hydrogen) atoms. The molecule has 3 N–H and O–H groups in total. The van der Waals surface area contributed by atoms with Crippen LogP contribution in [0.25, 0.3) is 0 Å². The monoisotopic (exact) mass is 369 g/mol. The zero-order valence-corrected chi connectivity index (χ0v) is 15.8. The maximum absolute atomic E-state index is 13.2. The lowest BCUT2D eigenvalue weighted by molar-refractivity contribution is -0.140. The van der Waals surface area contributed by atoms with Crippen LogP contribution in [0.2, 0.25) is 0 Å². The molecule has 1 spiro atoms. The van der Waals surface area contributed by atoms with Gasteiger partial charge in [0.2, 0.25) is 17.7 Å². The fourth-order valence-corrected chi connectivity index (χ4v) is 6.99. The topological polar surface area (TPSA) is 98.7 Å². The van der Waals surface area contributed by atoms with Crippen LogP contribution < -0.4 is 10.6 Å². The van der Waals surface area contributed by atoms with E-state index in [1.54, 1.807) is 23.7 Å². The first-order chi connectivity index (χ1) is 11.9. The molecule has 3 rings (SSSR count). The number of amides is 3. The number of rotatable bonds is 6. The Morgan fingerprint density at radius 2 is 2.12 bits per heavy atom. The number of aliphatic hydroxyl groups is 1. The number of fused-ring (bicyclic) bond motifs is 1. The molecule has 0 aromatic heterocycles. The van der Waals surface area contributed by atoms with E-state index in [-0.39, 0.29) is 41.5 Å². The smallest absolute Gasteiger partial charge is 0.244 e. The third-order valence-corrected chi connectivity index (χ3v) is 7.54. The van der Waals surface area contributed by atoms with Crippen molar-refractivity contribution in [1.29, 1.82) is 0 Å². The second-order valence-electron chi connectivity index (χ2n) is 7.44. The van der Waals surface area contributed by atoms with E-state index < -0.39 is 16.7 Å². The summed E-state index contributed by atoms with van der Waals surface area (Å²) in [6.07, 6.45) is 2.06. The van der Waals surface area contributed by atoms with Gasteiger partial charge in [0.15, 0.2) is 0 Å². The van der Waals surface area contributed by atoms with Gasteiger partial charge in [-0.05, 0) is 33.1 Å². The molecule has 8 heteroatoms. The third kappa shape index (κ3) is 2.73.